The second kappa shape index (κ2) is 4.84. The Morgan fingerprint density at radius 1 is 1.25 bits per heavy atom. The molecule has 0 bridgehead atoms. The molecular formula is C11H10BrNO2S. The maximum atomic E-state index is 5.17. The first kappa shape index (κ1) is 11.4. The van der Waals surface area contributed by atoms with Crippen molar-refractivity contribution in [3.8, 4) is 22.2 Å². The van der Waals surface area contributed by atoms with Crippen LogP contribution in [0.5, 0.6) is 11.6 Å². The molecule has 2 rings (SSSR count). The summed E-state index contributed by atoms with van der Waals surface area (Å²) in [6.07, 6.45) is 0. The Bertz CT molecular complexity index is 498. The number of benzene rings is 1. The lowest BCUT2D eigenvalue weighted by atomic mass is 10.2. The van der Waals surface area contributed by atoms with Gasteiger partial charge in [-0.2, -0.15) is 0 Å². The van der Waals surface area contributed by atoms with Crippen LogP contribution < -0.4 is 9.47 Å². The lowest BCUT2D eigenvalue weighted by molar-refractivity contribution is 0.401. The molecule has 0 saturated heterocycles. The van der Waals surface area contributed by atoms with E-state index < -0.39 is 0 Å². The highest BCUT2D eigenvalue weighted by molar-refractivity contribution is 9.10. The molecule has 0 amide bonds. The first-order chi connectivity index (χ1) is 7.74. The van der Waals surface area contributed by atoms with E-state index in [1.165, 1.54) is 0 Å². The Kier molecular flexibility index (Phi) is 3.46. The van der Waals surface area contributed by atoms with Gasteiger partial charge in [-0.25, -0.2) is 4.98 Å². The van der Waals surface area contributed by atoms with Crippen molar-refractivity contribution < 1.29 is 9.47 Å². The fourth-order valence-corrected chi connectivity index (χ4v) is 2.59. The van der Waals surface area contributed by atoms with Gasteiger partial charge < -0.3 is 9.47 Å². The molecule has 0 aliphatic heterocycles. The molecule has 0 radical (unpaired) electrons. The van der Waals surface area contributed by atoms with Crippen molar-refractivity contribution in [2.24, 2.45) is 0 Å². The summed E-state index contributed by atoms with van der Waals surface area (Å²) in [6.45, 7) is 0. The van der Waals surface area contributed by atoms with Gasteiger partial charge in [0.05, 0.1) is 24.1 Å². The van der Waals surface area contributed by atoms with Crippen LogP contribution in [0.25, 0.3) is 10.6 Å². The van der Waals surface area contributed by atoms with Crippen molar-refractivity contribution in [2.45, 2.75) is 0 Å². The van der Waals surface area contributed by atoms with Crippen molar-refractivity contribution in [3.05, 3.63) is 28.1 Å². The highest BCUT2D eigenvalue weighted by Crippen LogP contribution is 2.33. The van der Waals surface area contributed by atoms with Gasteiger partial charge >= 0.3 is 0 Å². The molecule has 0 atom stereocenters. The van der Waals surface area contributed by atoms with Gasteiger partial charge in [-0.05, 0) is 34.1 Å². The number of thiazole rings is 1. The Morgan fingerprint density at radius 3 is 2.62 bits per heavy atom. The van der Waals surface area contributed by atoms with Gasteiger partial charge in [-0.3, -0.25) is 0 Å². The molecule has 0 aliphatic carbocycles. The minimum Gasteiger partial charge on any atom is -0.496 e. The lowest BCUT2D eigenvalue weighted by Gasteiger charge is -2.04. The summed E-state index contributed by atoms with van der Waals surface area (Å²) < 4.78 is 11.1. The predicted octanol–water partition coefficient (Wildman–Crippen LogP) is 3.59. The van der Waals surface area contributed by atoms with Crippen LogP contribution in [-0.4, -0.2) is 19.2 Å². The Labute approximate surface area is 106 Å². The van der Waals surface area contributed by atoms with Gasteiger partial charge in [0.15, 0.2) is 0 Å². The summed E-state index contributed by atoms with van der Waals surface area (Å²) in [6, 6.07) is 5.87. The molecule has 2 aromatic rings. The molecule has 1 aromatic carbocycles. The molecule has 0 fully saturated rings. The third kappa shape index (κ3) is 2.20. The highest BCUT2D eigenvalue weighted by Gasteiger charge is 2.07. The van der Waals surface area contributed by atoms with Crippen molar-refractivity contribution in [2.75, 3.05) is 14.2 Å². The Morgan fingerprint density at radius 2 is 2.06 bits per heavy atom. The molecule has 3 nitrogen and oxygen atoms in total. The topological polar surface area (TPSA) is 31.4 Å². The minimum atomic E-state index is 0.645. The molecule has 1 aromatic heterocycles. The van der Waals surface area contributed by atoms with E-state index in [2.05, 4.69) is 20.9 Å². The largest absolute Gasteiger partial charge is 0.496 e. The zero-order valence-corrected chi connectivity index (χ0v) is 11.3. The molecule has 0 spiro atoms. The van der Waals surface area contributed by atoms with Crippen LogP contribution in [0.1, 0.15) is 0 Å². The molecule has 84 valence electrons. The van der Waals surface area contributed by atoms with Crippen LogP contribution in [-0.2, 0) is 0 Å². The second-order valence-corrected chi connectivity index (χ2v) is 4.76. The maximum absolute atomic E-state index is 5.17. The standard InChI is InChI=1S/C11H10BrNO2S/c1-14-9-4-3-7(5-8(9)12)11-13-10(15-2)6-16-11/h3-6H,1-2H3. The first-order valence-corrected chi connectivity index (χ1v) is 6.25. The van der Waals surface area contributed by atoms with Gasteiger partial charge in [0.2, 0.25) is 5.88 Å². The summed E-state index contributed by atoms with van der Waals surface area (Å²) in [5.74, 6) is 1.46. The van der Waals surface area contributed by atoms with Gasteiger partial charge in [0, 0.05) is 5.56 Å². The monoisotopic (exact) mass is 299 g/mol. The van der Waals surface area contributed by atoms with Gasteiger partial charge in [0.1, 0.15) is 10.8 Å². The molecule has 0 unspecified atom stereocenters. The van der Waals surface area contributed by atoms with Crippen LogP contribution >= 0.6 is 27.3 Å². The third-order valence-electron chi connectivity index (χ3n) is 2.09. The fourth-order valence-electron chi connectivity index (χ4n) is 1.28. The van der Waals surface area contributed by atoms with E-state index >= 15 is 0 Å². The summed E-state index contributed by atoms with van der Waals surface area (Å²) in [4.78, 5) is 4.33. The normalized spacial score (nSPS) is 10.2. The van der Waals surface area contributed by atoms with E-state index in [0.717, 1.165) is 20.8 Å². The maximum Gasteiger partial charge on any atom is 0.224 e. The number of ether oxygens (including phenoxy) is 2. The number of halogens is 1. The van der Waals surface area contributed by atoms with E-state index in [0.29, 0.717) is 5.88 Å². The number of methoxy groups -OCH3 is 2. The molecule has 5 heteroatoms. The summed E-state index contributed by atoms with van der Waals surface area (Å²) in [7, 11) is 3.26. The predicted molar refractivity (Wildman–Crippen MR) is 68.4 cm³/mol. The smallest absolute Gasteiger partial charge is 0.224 e. The number of rotatable bonds is 3. The summed E-state index contributed by atoms with van der Waals surface area (Å²) in [5.41, 5.74) is 1.04. The Hall–Kier alpha value is -1.07. The van der Waals surface area contributed by atoms with Gasteiger partial charge in [-0.15, -0.1) is 11.3 Å². The van der Waals surface area contributed by atoms with Crippen molar-refractivity contribution in [1.29, 1.82) is 0 Å². The lowest BCUT2D eigenvalue weighted by Crippen LogP contribution is -1.85. The fraction of sp³-hybridized carbons (Fsp3) is 0.182. The van der Waals surface area contributed by atoms with Crippen LogP contribution in [0.4, 0.5) is 0 Å². The number of hydrogen-bond acceptors (Lipinski definition) is 4. The molecule has 0 saturated carbocycles. The van der Waals surface area contributed by atoms with E-state index in [9.17, 15) is 0 Å². The second-order valence-electron chi connectivity index (χ2n) is 3.04. The van der Waals surface area contributed by atoms with Crippen molar-refractivity contribution in [3.63, 3.8) is 0 Å². The average Bonchev–Trinajstić information content (AvgIpc) is 2.77. The SMILES string of the molecule is COc1csc(-c2ccc(OC)c(Br)c2)n1. The van der Waals surface area contributed by atoms with Gasteiger partial charge in [-0.1, -0.05) is 0 Å². The minimum absolute atomic E-state index is 0.645. The van der Waals surface area contributed by atoms with E-state index in [4.69, 9.17) is 9.47 Å². The Balaban J connectivity index is 2.37. The molecular weight excluding hydrogens is 290 g/mol. The molecule has 16 heavy (non-hydrogen) atoms. The van der Waals surface area contributed by atoms with Crippen molar-refractivity contribution >= 4 is 27.3 Å². The molecule has 0 aliphatic rings. The highest BCUT2D eigenvalue weighted by atomic mass is 79.9. The summed E-state index contributed by atoms with van der Waals surface area (Å²) in [5, 5.41) is 2.81. The van der Waals surface area contributed by atoms with Crippen molar-refractivity contribution in [1.82, 2.24) is 4.98 Å². The average molecular weight is 300 g/mol. The van der Waals surface area contributed by atoms with Crippen LogP contribution in [0.2, 0.25) is 0 Å². The molecule has 1 heterocycles. The summed E-state index contributed by atoms with van der Waals surface area (Å²) >= 11 is 5.00. The number of hydrogen-bond donors (Lipinski definition) is 0. The zero-order valence-electron chi connectivity index (χ0n) is 8.86. The number of nitrogens with zero attached hydrogens (tertiary/aromatic N) is 1. The third-order valence-corrected chi connectivity index (χ3v) is 3.58. The van der Waals surface area contributed by atoms with E-state index in [-0.39, 0.29) is 0 Å². The zero-order chi connectivity index (χ0) is 11.5. The quantitative estimate of drug-likeness (QED) is 0.868. The molecule has 0 N–H and O–H groups in total. The van der Waals surface area contributed by atoms with Crippen LogP contribution in [0.15, 0.2) is 28.1 Å². The van der Waals surface area contributed by atoms with E-state index in [1.54, 1.807) is 25.6 Å². The van der Waals surface area contributed by atoms with E-state index in [1.807, 2.05) is 23.6 Å². The number of aromatic nitrogens is 1. The van der Waals surface area contributed by atoms with Gasteiger partial charge in [0.25, 0.3) is 0 Å². The van der Waals surface area contributed by atoms with Crippen LogP contribution in [0.3, 0.4) is 0 Å². The van der Waals surface area contributed by atoms with Crippen LogP contribution in [0, 0.1) is 0 Å². The first-order valence-electron chi connectivity index (χ1n) is 4.58.